The maximum Gasteiger partial charge on any atom is 0.417 e. The Morgan fingerprint density at radius 2 is 1.76 bits per heavy atom. The van der Waals surface area contributed by atoms with Crippen molar-refractivity contribution < 1.29 is 26.4 Å². The topological polar surface area (TPSA) is 62.6 Å². The van der Waals surface area contributed by atoms with Crippen LogP contribution < -0.4 is 0 Å². The number of hydrogen-bond acceptors (Lipinski definition) is 3. The molecule has 2 aromatic carbocycles. The van der Waals surface area contributed by atoms with Crippen LogP contribution in [-0.2, 0) is 27.5 Å². The first-order chi connectivity index (χ1) is 15.5. The second kappa shape index (κ2) is 8.49. The fourth-order valence-electron chi connectivity index (χ4n) is 4.28. The van der Waals surface area contributed by atoms with E-state index >= 15 is 0 Å². The van der Waals surface area contributed by atoms with Gasteiger partial charge in [0.2, 0.25) is 15.9 Å². The molecule has 0 bridgehead atoms. The van der Waals surface area contributed by atoms with Crippen molar-refractivity contribution in [3.8, 4) is 0 Å². The number of fused-ring (bicyclic) bond motifs is 1. The first kappa shape index (κ1) is 23.3. The lowest BCUT2D eigenvalue weighted by atomic mass is 9.98. The highest BCUT2D eigenvalue weighted by molar-refractivity contribution is 7.89. The molecule has 0 spiro atoms. The minimum absolute atomic E-state index is 0.0736. The third-order valence-electron chi connectivity index (χ3n) is 6.02. The van der Waals surface area contributed by atoms with Crippen LogP contribution in [0.25, 0.3) is 10.9 Å². The summed E-state index contributed by atoms with van der Waals surface area (Å²) < 4.78 is 69.5. The highest BCUT2D eigenvalue weighted by atomic mass is 32.2. The highest BCUT2D eigenvalue weighted by Crippen LogP contribution is 2.39. The molecule has 10 heteroatoms. The van der Waals surface area contributed by atoms with Crippen LogP contribution in [0.2, 0.25) is 0 Å². The van der Waals surface area contributed by atoms with Crippen molar-refractivity contribution in [2.24, 2.45) is 0 Å². The van der Waals surface area contributed by atoms with E-state index in [1.165, 1.54) is 17.0 Å². The van der Waals surface area contributed by atoms with E-state index in [4.69, 9.17) is 0 Å². The molecule has 1 saturated heterocycles. The molecular weight excluding hydrogens is 455 g/mol. The molecule has 176 valence electrons. The number of hydrogen-bond donors (Lipinski definition) is 0. The van der Waals surface area contributed by atoms with Crippen LogP contribution in [0.15, 0.2) is 59.6 Å². The number of nitrogens with zero attached hydrogens (tertiary/aromatic N) is 3. The maximum absolute atomic E-state index is 13.4. The largest absolute Gasteiger partial charge is 0.417 e. The smallest absolute Gasteiger partial charge is 0.347 e. The quantitative estimate of drug-likeness (QED) is 0.557. The van der Waals surface area contributed by atoms with E-state index in [1.807, 2.05) is 35.0 Å². The van der Waals surface area contributed by atoms with Gasteiger partial charge in [0, 0.05) is 50.2 Å². The van der Waals surface area contributed by atoms with Crippen molar-refractivity contribution in [2.45, 2.75) is 30.0 Å². The summed E-state index contributed by atoms with van der Waals surface area (Å²) in [7, 11) is -0.976. The van der Waals surface area contributed by atoms with Crippen LogP contribution in [0.3, 0.4) is 0 Å². The number of carbonyl (C=O) groups excluding carboxylic acids is 1. The molecule has 1 aliphatic rings. The zero-order chi connectivity index (χ0) is 24.0. The number of aromatic nitrogens is 1. The summed E-state index contributed by atoms with van der Waals surface area (Å²) in [5.74, 6) is -0.278. The van der Waals surface area contributed by atoms with Crippen LogP contribution in [0, 0.1) is 0 Å². The summed E-state index contributed by atoms with van der Waals surface area (Å²) >= 11 is 0. The van der Waals surface area contributed by atoms with Crippen molar-refractivity contribution in [3.63, 3.8) is 0 Å². The van der Waals surface area contributed by atoms with E-state index in [0.29, 0.717) is 6.42 Å². The zero-order valence-corrected chi connectivity index (χ0v) is 19.0. The molecule has 0 N–H and O–H groups in total. The standard InChI is InChI=1S/C23H24F3N3O3S/c1-27(2)22(30)15-28-14-18(17-7-3-5-9-20(17)28)16-11-12-29(13-16)33(31,32)21-10-6-4-8-19(21)23(24,25)26/h3-10,14,16H,11-13,15H2,1-2H3. The molecular formula is C23H24F3N3O3S. The van der Waals surface area contributed by atoms with Gasteiger partial charge in [-0.25, -0.2) is 8.42 Å². The Morgan fingerprint density at radius 3 is 2.45 bits per heavy atom. The molecule has 1 unspecified atom stereocenters. The molecule has 0 saturated carbocycles. The van der Waals surface area contributed by atoms with Gasteiger partial charge in [-0.05, 0) is 30.2 Å². The lowest BCUT2D eigenvalue weighted by Gasteiger charge is -2.20. The zero-order valence-electron chi connectivity index (χ0n) is 18.2. The van der Waals surface area contributed by atoms with Crippen LogP contribution in [0.5, 0.6) is 0 Å². The van der Waals surface area contributed by atoms with E-state index in [1.54, 1.807) is 14.1 Å². The van der Waals surface area contributed by atoms with Gasteiger partial charge < -0.3 is 9.47 Å². The molecule has 3 aromatic rings. The summed E-state index contributed by atoms with van der Waals surface area (Å²) in [5, 5.41) is 0.906. The number of alkyl halides is 3. The Kier molecular flexibility index (Phi) is 6.00. The first-order valence-corrected chi connectivity index (χ1v) is 11.9. The Morgan fingerprint density at radius 1 is 1.09 bits per heavy atom. The van der Waals surface area contributed by atoms with Crippen molar-refractivity contribution in [2.75, 3.05) is 27.2 Å². The van der Waals surface area contributed by atoms with Crippen LogP contribution >= 0.6 is 0 Å². The average Bonchev–Trinajstić information content (AvgIpc) is 3.39. The van der Waals surface area contributed by atoms with E-state index in [-0.39, 0.29) is 31.5 Å². The predicted octanol–water partition coefficient (Wildman–Crippen LogP) is 3.93. The van der Waals surface area contributed by atoms with Crippen molar-refractivity contribution >= 4 is 26.8 Å². The van der Waals surface area contributed by atoms with Gasteiger partial charge in [0.05, 0.1) is 10.5 Å². The number of carbonyl (C=O) groups is 1. The van der Waals surface area contributed by atoms with Crippen LogP contribution in [-0.4, -0.2) is 55.3 Å². The third kappa shape index (κ3) is 4.37. The van der Waals surface area contributed by atoms with Gasteiger partial charge in [0.1, 0.15) is 6.54 Å². The fourth-order valence-corrected chi connectivity index (χ4v) is 6.00. The summed E-state index contributed by atoms with van der Waals surface area (Å²) in [6.45, 7) is 0.334. The SMILES string of the molecule is CN(C)C(=O)Cn1cc(C2CCN(S(=O)(=O)c3ccccc3C(F)(F)F)C2)c2ccccc21. The molecule has 0 aliphatic carbocycles. The molecule has 1 aromatic heterocycles. The van der Waals surface area contributed by atoms with Gasteiger partial charge >= 0.3 is 6.18 Å². The number of para-hydroxylation sites is 1. The molecule has 0 radical (unpaired) electrons. The van der Waals surface area contributed by atoms with E-state index in [0.717, 1.165) is 32.9 Å². The number of halogens is 3. The molecule has 4 rings (SSSR count). The van der Waals surface area contributed by atoms with Gasteiger partial charge in [-0.3, -0.25) is 4.79 Å². The summed E-state index contributed by atoms with van der Waals surface area (Å²) in [5.41, 5.74) is 0.581. The van der Waals surface area contributed by atoms with Gasteiger partial charge in [-0.15, -0.1) is 0 Å². The Balaban J connectivity index is 1.66. The molecule has 6 nitrogen and oxygen atoms in total. The lowest BCUT2D eigenvalue weighted by Crippen LogP contribution is -2.30. The summed E-state index contributed by atoms with van der Waals surface area (Å²) in [4.78, 5) is 13.0. The van der Waals surface area contributed by atoms with E-state index < -0.39 is 26.7 Å². The number of amides is 1. The molecule has 1 fully saturated rings. The number of likely N-dealkylation sites (N-methyl/N-ethyl adjacent to an activating group) is 1. The second-order valence-electron chi connectivity index (χ2n) is 8.36. The number of sulfonamides is 1. The average molecular weight is 480 g/mol. The van der Waals surface area contributed by atoms with E-state index in [9.17, 15) is 26.4 Å². The van der Waals surface area contributed by atoms with Crippen molar-refractivity contribution in [1.82, 2.24) is 13.8 Å². The Labute approximate surface area is 190 Å². The maximum atomic E-state index is 13.4. The number of benzene rings is 2. The first-order valence-electron chi connectivity index (χ1n) is 10.4. The highest BCUT2D eigenvalue weighted by Gasteiger charge is 2.41. The normalized spacial score (nSPS) is 17.5. The minimum Gasteiger partial charge on any atom is -0.347 e. The Hall–Kier alpha value is -2.85. The van der Waals surface area contributed by atoms with Gasteiger partial charge in [0.25, 0.3) is 0 Å². The van der Waals surface area contributed by atoms with Crippen molar-refractivity contribution in [3.05, 3.63) is 65.9 Å². The van der Waals surface area contributed by atoms with Gasteiger partial charge in [-0.1, -0.05) is 30.3 Å². The number of rotatable bonds is 5. The third-order valence-corrected chi connectivity index (χ3v) is 7.95. The van der Waals surface area contributed by atoms with Crippen LogP contribution in [0.4, 0.5) is 13.2 Å². The fraction of sp³-hybridized carbons (Fsp3) is 0.348. The molecule has 1 atom stereocenters. The van der Waals surface area contributed by atoms with Gasteiger partial charge in [-0.2, -0.15) is 17.5 Å². The monoisotopic (exact) mass is 479 g/mol. The Bertz CT molecular complexity index is 1300. The molecule has 1 amide bonds. The lowest BCUT2D eigenvalue weighted by molar-refractivity contribution is -0.140. The molecule has 1 aliphatic heterocycles. The minimum atomic E-state index is -4.77. The predicted molar refractivity (Wildman–Crippen MR) is 118 cm³/mol. The summed E-state index contributed by atoms with van der Waals surface area (Å²) in [6.07, 6.45) is -2.44. The second-order valence-corrected chi connectivity index (χ2v) is 10.3. The van der Waals surface area contributed by atoms with Gasteiger partial charge in [0.15, 0.2) is 0 Å². The molecule has 2 heterocycles. The van der Waals surface area contributed by atoms with E-state index in [2.05, 4.69) is 0 Å². The summed E-state index contributed by atoms with van der Waals surface area (Å²) in [6, 6.07) is 11.8. The van der Waals surface area contributed by atoms with Crippen LogP contribution in [0.1, 0.15) is 23.5 Å². The molecule has 33 heavy (non-hydrogen) atoms. The van der Waals surface area contributed by atoms with Crippen molar-refractivity contribution in [1.29, 1.82) is 0 Å².